The lowest BCUT2D eigenvalue weighted by Crippen LogP contribution is -2.61. The van der Waals surface area contributed by atoms with Crippen LogP contribution in [0.5, 0.6) is 5.75 Å². The summed E-state index contributed by atoms with van der Waals surface area (Å²) in [6.45, 7) is 8.46. The van der Waals surface area contributed by atoms with Gasteiger partial charge in [0.1, 0.15) is 12.4 Å². The molecule has 1 heterocycles. The molecule has 0 spiro atoms. The number of likely N-dealkylation sites (tertiary alicyclic amines) is 1. The van der Waals surface area contributed by atoms with Crippen LogP contribution in [-0.4, -0.2) is 50.1 Å². The Morgan fingerprint density at radius 3 is 2.67 bits per heavy atom. The Bertz CT molecular complexity index is 1000. The van der Waals surface area contributed by atoms with Gasteiger partial charge in [0, 0.05) is 31.2 Å². The number of nitrogens with one attached hydrogen (secondary N) is 1. The van der Waals surface area contributed by atoms with E-state index in [4.69, 9.17) is 9.47 Å². The smallest absolute Gasteiger partial charge is 0.180 e. The average Bonchev–Trinajstić information content (AvgIpc) is 3.64. The Morgan fingerprint density at radius 2 is 1.94 bits per heavy atom. The van der Waals surface area contributed by atoms with Crippen LogP contribution in [0.1, 0.15) is 54.6 Å². The molecule has 5 nitrogen and oxygen atoms in total. The molecule has 2 aromatic carbocycles. The number of piperidine rings is 1. The maximum Gasteiger partial charge on any atom is 0.180 e. The van der Waals surface area contributed by atoms with Gasteiger partial charge in [-0.3, -0.25) is 9.69 Å². The van der Waals surface area contributed by atoms with Crippen molar-refractivity contribution in [1.29, 1.82) is 0 Å². The molecule has 2 fully saturated rings. The van der Waals surface area contributed by atoms with E-state index in [0.29, 0.717) is 19.8 Å². The summed E-state index contributed by atoms with van der Waals surface area (Å²) in [5.74, 6) is 2.14. The molecule has 1 aliphatic heterocycles. The fourth-order valence-corrected chi connectivity index (χ4v) is 5.84. The van der Waals surface area contributed by atoms with Crippen LogP contribution in [0.15, 0.2) is 42.5 Å². The number of benzene rings is 2. The van der Waals surface area contributed by atoms with Gasteiger partial charge in [0.25, 0.3) is 0 Å². The maximum absolute atomic E-state index is 13.8. The Balaban J connectivity index is 1.52. The highest BCUT2D eigenvalue weighted by Gasteiger charge is 2.54. The predicted molar refractivity (Wildman–Crippen MR) is 131 cm³/mol. The van der Waals surface area contributed by atoms with Crippen LogP contribution in [0.2, 0.25) is 0 Å². The minimum absolute atomic E-state index is 0.0141. The number of fused-ring (bicyclic) bond motifs is 4. The van der Waals surface area contributed by atoms with Crippen molar-refractivity contribution in [3.63, 3.8) is 0 Å². The van der Waals surface area contributed by atoms with E-state index in [2.05, 4.69) is 36.2 Å². The second kappa shape index (κ2) is 9.11. The monoisotopic (exact) mass is 448 g/mol. The Labute approximate surface area is 197 Å². The Hall–Kier alpha value is -2.37. The summed E-state index contributed by atoms with van der Waals surface area (Å²) in [5, 5.41) is 3.59. The molecule has 0 radical (unpaired) electrons. The number of carbonyl (C=O) groups is 1. The maximum atomic E-state index is 13.8. The number of Topliss-reactive ketones (excluding diaryl/α,β-unsaturated/α-hetero) is 1. The molecule has 3 aliphatic rings. The van der Waals surface area contributed by atoms with Crippen LogP contribution < -0.4 is 10.1 Å². The SMILES string of the molecule is COCCNc1c(OCc2ccccc2)ccc2c1[C@]1(C)CCN(CC3CC3)[C@H](C2=O)[C@@H]1C. The van der Waals surface area contributed by atoms with Crippen molar-refractivity contribution in [2.75, 3.05) is 38.7 Å². The summed E-state index contributed by atoms with van der Waals surface area (Å²) in [6.07, 6.45) is 3.68. The number of nitrogens with zero attached hydrogens (tertiary/aromatic N) is 1. The number of ether oxygens (including phenoxy) is 2. The molecule has 3 atom stereocenters. The predicted octanol–water partition coefficient (Wildman–Crippen LogP) is 4.90. The first-order valence-electron chi connectivity index (χ1n) is 12.4. The fourth-order valence-electron chi connectivity index (χ4n) is 5.84. The number of rotatable bonds is 9. The second-order valence-corrected chi connectivity index (χ2v) is 10.3. The van der Waals surface area contributed by atoms with Gasteiger partial charge in [-0.1, -0.05) is 44.2 Å². The molecule has 176 valence electrons. The molecule has 5 heteroatoms. The summed E-state index contributed by atoms with van der Waals surface area (Å²) in [4.78, 5) is 16.3. The number of methoxy groups -OCH3 is 1. The van der Waals surface area contributed by atoms with Crippen molar-refractivity contribution in [2.45, 2.75) is 51.2 Å². The van der Waals surface area contributed by atoms with E-state index in [1.807, 2.05) is 30.3 Å². The van der Waals surface area contributed by atoms with Crippen molar-refractivity contribution in [2.24, 2.45) is 11.8 Å². The molecule has 0 unspecified atom stereocenters. The summed E-state index contributed by atoms with van der Waals surface area (Å²) >= 11 is 0. The minimum atomic E-state index is -0.0739. The number of carbonyl (C=O) groups excluding carboxylic acids is 1. The van der Waals surface area contributed by atoms with Gasteiger partial charge in [-0.2, -0.15) is 0 Å². The van der Waals surface area contributed by atoms with Crippen LogP contribution >= 0.6 is 0 Å². The first-order chi connectivity index (χ1) is 16.0. The van der Waals surface area contributed by atoms with Crippen molar-refractivity contribution in [3.8, 4) is 5.75 Å². The van der Waals surface area contributed by atoms with Crippen molar-refractivity contribution in [1.82, 2.24) is 4.90 Å². The normalized spacial score (nSPS) is 26.7. The zero-order valence-corrected chi connectivity index (χ0v) is 20.1. The highest BCUT2D eigenvalue weighted by molar-refractivity contribution is 6.05. The third-order valence-electron chi connectivity index (χ3n) is 8.10. The molecule has 5 rings (SSSR count). The van der Waals surface area contributed by atoms with Crippen LogP contribution in [-0.2, 0) is 16.8 Å². The van der Waals surface area contributed by atoms with Gasteiger partial charge in [0.05, 0.1) is 18.3 Å². The van der Waals surface area contributed by atoms with Crippen LogP contribution in [0.4, 0.5) is 5.69 Å². The van der Waals surface area contributed by atoms with Crippen LogP contribution in [0, 0.1) is 11.8 Å². The third kappa shape index (κ3) is 4.17. The van der Waals surface area contributed by atoms with Gasteiger partial charge < -0.3 is 14.8 Å². The van der Waals surface area contributed by atoms with Crippen molar-refractivity contribution < 1.29 is 14.3 Å². The summed E-state index contributed by atoms with van der Waals surface area (Å²) < 4.78 is 11.6. The fraction of sp³-hybridized carbons (Fsp3) is 0.536. The molecular weight excluding hydrogens is 412 g/mol. The lowest BCUT2D eigenvalue weighted by atomic mass is 9.58. The van der Waals surface area contributed by atoms with E-state index in [1.54, 1.807) is 7.11 Å². The molecule has 1 N–H and O–H groups in total. The van der Waals surface area contributed by atoms with Gasteiger partial charge in [0.2, 0.25) is 0 Å². The molecule has 1 saturated heterocycles. The highest BCUT2D eigenvalue weighted by Crippen LogP contribution is 2.53. The standard InChI is InChI=1S/C28H36N2O3/c1-19-26-27(31)22-11-12-23(33-18-21-7-5-4-6-8-21)25(29-14-16-32-3)24(22)28(19,2)13-15-30(26)17-20-9-10-20/h4-8,11-12,19-20,26,29H,9-10,13-18H2,1-3H3/t19-,26-,28+/m0/s1. The van der Waals surface area contributed by atoms with Gasteiger partial charge in [-0.25, -0.2) is 0 Å². The van der Waals surface area contributed by atoms with E-state index < -0.39 is 0 Å². The summed E-state index contributed by atoms with van der Waals surface area (Å²) in [7, 11) is 1.71. The largest absolute Gasteiger partial charge is 0.487 e. The minimum Gasteiger partial charge on any atom is -0.487 e. The van der Waals surface area contributed by atoms with E-state index in [-0.39, 0.29) is 23.2 Å². The molecule has 0 aromatic heterocycles. The lowest BCUT2D eigenvalue weighted by molar-refractivity contribution is 0.0267. The Kier molecular flexibility index (Phi) is 6.19. The highest BCUT2D eigenvalue weighted by atomic mass is 16.5. The van der Waals surface area contributed by atoms with Gasteiger partial charge in [-0.05, 0) is 60.9 Å². The quantitative estimate of drug-likeness (QED) is 0.553. The van der Waals surface area contributed by atoms with Crippen LogP contribution in [0.3, 0.4) is 0 Å². The molecule has 2 bridgehead atoms. The summed E-state index contributed by atoms with van der Waals surface area (Å²) in [5.41, 5.74) is 4.03. The zero-order chi connectivity index (χ0) is 23.0. The van der Waals surface area contributed by atoms with E-state index in [0.717, 1.165) is 53.6 Å². The molecular formula is C28H36N2O3. The van der Waals surface area contributed by atoms with Crippen LogP contribution in [0.25, 0.3) is 0 Å². The molecule has 2 aromatic rings. The zero-order valence-electron chi connectivity index (χ0n) is 20.1. The summed E-state index contributed by atoms with van der Waals surface area (Å²) in [6, 6.07) is 14.2. The number of ketones is 1. The van der Waals surface area contributed by atoms with Gasteiger partial charge >= 0.3 is 0 Å². The topological polar surface area (TPSA) is 50.8 Å². The van der Waals surface area contributed by atoms with Gasteiger partial charge in [-0.15, -0.1) is 0 Å². The Morgan fingerprint density at radius 1 is 1.15 bits per heavy atom. The second-order valence-electron chi connectivity index (χ2n) is 10.3. The van der Waals surface area contributed by atoms with E-state index in [9.17, 15) is 4.79 Å². The van der Waals surface area contributed by atoms with Gasteiger partial charge in [0.15, 0.2) is 5.78 Å². The molecule has 33 heavy (non-hydrogen) atoms. The number of hydrogen-bond acceptors (Lipinski definition) is 5. The lowest BCUT2D eigenvalue weighted by Gasteiger charge is -2.54. The molecule has 1 saturated carbocycles. The van der Waals surface area contributed by atoms with E-state index in [1.165, 1.54) is 12.8 Å². The average molecular weight is 449 g/mol. The molecule has 2 aliphatic carbocycles. The molecule has 0 amide bonds. The first-order valence-corrected chi connectivity index (χ1v) is 12.4. The van der Waals surface area contributed by atoms with E-state index >= 15 is 0 Å². The number of anilines is 1. The third-order valence-corrected chi connectivity index (χ3v) is 8.10. The van der Waals surface area contributed by atoms with Crippen molar-refractivity contribution >= 4 is 11.5 Å². The first kappa shape index (κ1) is 22.4. The van der Waals surface area contributed by atoms with Crippen molar-refractivity contribution in [3.05, 3.63) is 59.2 Å². The number of hydrogen-bond donors (Lipinski definition) is 1.